The van der Waals surface area contributed by atoms with E-state index in [2.05, 4.69) is 28.2 Å². The summed E-state index contributed by atoms with van der Waals surface area (Å²) < 4.78 is 0. The lowest BCUT2D eigenvalue weighted by Gasteiger charge is -2.11. The summed E-state index contributed by atoms with van der Waals surface area (Å²) in [6.07, 6.45) is 3.11. The second-order valence-electron chi connectivity index (χ2n) is 3.70. The third-order valence-corrected chi connectivity index (χ3v) is 3.28. The van der Waals surface area contributed by atoms with E-state index in [9.17, 15) is 0 Å². The molecule has 0 aliphatic heterocycles. The van der Waals surface area contributed by atoms with E-state index in [1.807, 2.05) is 0 Å². The van der Waals surface area contributed by atoms with Gasteiger partial charge in [-0.05, 0) is 24.3 Å². The summed E-state index contributed by atoms with van der Waals surface area (Å²) in [5.41, 5.74) is 1.49. The van der Waals surface area contributed by atoms with E-state index in [0.717, 1.165) is 6.54 Å². The summed E-state index contributed by atoms with van der Waals surface area (Å²) in [5.74, 6) is 0. The van der Waals surface area contributed by atoms with Crippen molar-refractivity contribution in [2.75, 3.05) is 11.9 Å². The highest BCUT2D eigenvalue weighted by Crippen LogP contribution is 2.48. The fraction of sp³-hybridized carbons (Fsp3) is 0.500. The first-order valence-electron chi connectivity index (χ1n) is 4.48. The van der Waals surface area contributed by atoms with E-state index in [0.29, 0.717) is 11.8 Å². The van der Waals surface area contributed by atoms with Gasteiger partial charge in [0.25, 0.3) is 0 Å². The molecule has 1 aromatic heterocycles. The van der Waals surface area contributed by atoms with Crippen molar-refractivity contribution in [3.8, 4) is 6.07 Å². The van der Waals surface area contributed by atoms with Gasteiger partial charge < -0.3 is 5.32 Å². The largest absolute Gasteiger partial charge is 0.384 e. The zero-order valence-corrected chi connectivity index (χ0v) is 8.23. The fourth-order valence-electron chi connectivity index (χ4n) is 1.42. The molecule has 0 unspecified atom stereocenters. The molecule has 0 aromatic carbocycles. The Morgan fingerprint density at radius 2 is 2.46 bits per heavy atom. The lowest BCUT2D eigenvalue weighted by atomic mass is 10.0. The quantitative estimate of drug-likeness (QED) is 0.796. The Bertz CT molecular complexity index is 306. The van der Waals surface area contributed by atoms with Gasteiger partial charge in [-0.1, -0.05) is 0 Å². The summed E-state index contributed by atoms with van der Waals surface area (Å²) in [7, 11) is 0. The Labute approximate surface area is 82.2 Å². The van der Waals surface area contributed by atoms with Crippen LogP contribution in [0.5, 0.6) is 0 Å². The molecular weight excluding hydrogens is 180 g/mol. The Morgan fingerprint density at radius 1 is 1.62 bits per heavy atom. The molecule has 2 nitrogen and oxygen atoms in total. The van der Waals surface area contributed by atoms with Crippen LogP contribution in [0.25, 0.3) is 0 Å². The first-order chi connectivity index (χ1) is 6.35. The summed E-state index contributed by atoms with van der Waals surface area (Å²) in [5, 5.41) is 16.2. The molecular formula is C10H12N2S. The first kappa shape index (κ1) is 8.58. The standard InChI is InChI=1S/C10H12N2S/c11-5-4-10(2-3-10)8-12-9-1-6-13-7-9/h1,6-7,12H,2-4,8H2. The molecule has 1 aliphatic rings. The van der Waals surface area contributed by atoms with Crippen LogP contribution >= 0.6 is 11.3 Å². The highest BCUT2D eigenvalue weighted by atomic mass is 32.1. The molecule has 0 spiro atoms. The number of thiophene rings is 1. The third-order valence-electron chi connectivity index (χ3n) is 2.60. The average Bonchev–Trinajstić information content (AvgIpc) is 2.71. The molecule has 1 aromatic rings. The maximum absolute atomic E-state index is 8.62. The topological polar surface area (TPSA) is 35.8 Å². The van der Waals surface area contributed by atoms with Gasteiger partial charge in [0.2, 0.25) is 0 Å². The minimum absolute atomic E-state index is 0.302. The van der Waals surface area contributed by atoms with Crippen LogP contribution in [0.2, 0.25) is 0 Å². The molecule has 0 saturated heterocycles. The van der Waals surface area contributed by atoms with E-state index < -0.39 is 0 Å². The highest BCUT2D eigenvalue weighted by Gasteiger charge is 2.42. The molecule has 3 heteroatoms. The Hall–Kier alpha value is -1.01. The van der Waals surface area contributed by atoms with Gasteiger partial charge in [-0.2, -0.15) is 16.6 Å². The number of anilines is 1. The SMILES string of the molecule is N#CCC1(CNc2ccsc2)CC1. The van der Waals surface area contributed by atoms with E-state index in [1.54, 1.807) is 11.3 Å². The van der Waals surface area contributed by atoms with Crippen molar-refractivity contribution < 1.29 is 0 Å². The van der Waals surface area contributed by atoms with Crippen LogP contribution in [0.15, 0.2) is 16.8 Å². The zero-order chi connectivity index (χ0) is 9.15. The fourth-order valence-corrected chi connectivity index (χ4v) is 2.03. The molecule has 1 heterocycles. The van der Waals surface area contributed by atoms with Crippen molar-refractivity contribution >= 4 is 17.0 Å². The van der Waals surface area contributed by atoms with Gasteiger partial charge in [-0.3, -0.25) is 0 Å². The monoisotopic (exact) mass is 192 g/mol. The first-order valence-corrected chi connectivity index (χ1v) is 5.42. The molecule has 0 atom stereocenters. The number of hydrogen-bond donors (Lipinski definition) is 1. The predicted octanol–water partition coefficient (Wildman–Crippen LogP) is 2.85. The van der Waals surface area contributed by atoms with Crippen molar-refractivity contribution in [2.45, 2.75) is 19.3 Å². The average molecular weight is 192 g/mol. The van der Waals surface area contributed by atoms with E-state index in [-0.39, 0.29) is 0 Å². The molecule has 1 N–H and O–H groups in total. The Balaban J connectivity index is 1.83. The van der Waals surface area contributed by atoms with Crippen LogP contribution in [-0.2, 0) is 0 Å². The van der Waals surface area contributed by atoms with Gasteiger partial charge in [0.1, 0.15) is 0 Å². The summed E-state index contributed by atoms with van der Waals surface area (Å²) in [6.45, 7) is 0.956. The number of nitrogens with zero attached hydrogens (tertiary/aromatic N) is 1. The summed E-state index contributed by atoms with van der Waals surface area (Å²) in [4.78, 5) is 0. The number of nitriles is 1. The van der Waals surface area contributed by atoms with E-state index >= 15 is 0 Å². The second kappa shape index (κ2) is 3.39. The second-order valence-corrected chi connectivity index (χ2v) is 4.48. The Kier molecular flexibility index (Phi) is 2.24. The zero-order valence-electron chi connectivity index (χ0n) is 7.42. The van der Waals surface area contributed by atoms with Crippen molar-refractivity contribution in [1.82, 2.24) is 0 Å². The molecule has 0 radical (unpaired) electrons. The van der Waals surface area contributed by atoms with Gasteiger partial charge in [-0.25, -0.2) is 0 Å². The van der Waals surface area contributed by atoms with Crippen LogP contribution < -0.4 is 5.32 Å². The van der Waals surface area contributed by atoms with Gasteiger partial charge in [-0.15, -0.1) is 0 Å². The molecule has 13 heavy (non-hydrogen) atoms. The van der Waals surface area contributed by atoms with E-state index in [1.165, 1.54) is 18.5 Å². The lowest BCUT2D eigenvalue weighted by molar-refractivity contribution is 0.557. The van der Waals surface area contributed by atoms with Crippen LogP contribution in [0, 0.1) is 16.7 Å². The number of nitrogens with one attached hydrogen (secondary N) is 1. The van der Waals surface area contributed by atoms with Crippen molar-refractivity contribution in [3.63, 3.8) is 0 Å². The molecule has 68 valence electrons. The van der Waals surface area contributed by atoms with Crippen molar-refractivity contribution in [2.24, 2.45) is 5.41 Å². The van der Waals surface area contributed by atoms with Crippen LogP contribution in [-0.4, -0.2) is 6.54 Å². The number of rotatable bonds is 4. The minimum atomic E-state index is 0.302. The van der Waals surface area contributed by atoms with E-state index in [4.69, 9.17) is 5.26 Å². The molecule has 1 aliphatic carbocycles. The smallest absolute Gasteiger partial charge is 0.0628 e. The lowest BCUT2D eigenvalue weighted by Crippen LogP contribution is -2.14. The van der Waals surface area contributed by atoms with Gasteiger partial charge in [0.05, 0.1) is 6.07 Å². The minimum Gasteiger partial charge on any atom is -0.384 e. The van der Waals surface area contributed by atoms with Crippen LogP contribution in [0.4, 0.5) is 5.69 Å². The highest BCUT2D eigenvalue weighted by molar-refractivity contribution is 7.08. The number of hydrogen-bond acceptors (Lipinski definition) is 3. The van der Waals surface area contributed by atoms with Crippen molar-refractivity contribution in [1.29, 1.82) is 5.26 Å². The molecule has 0 bridgehead atoms. The maximum Gasteiger partial charge on any atom is 0.0628 e. The molecule has 1 saturated carbocycles. The van der Waals surface area contributed by atoms with Gasteiger partial charge in [0, 0.05) is 29.4 Å². The maximum atomic E-state index is 8.62. The van der Waals surface area contributed by atoms with Crippen LogP contribution in [0.3, 0.4) is 0 Å². The van der Waals surface area contributed by atoms with Gasteiger partial charge in [0.15, 0.2) is 0 Å². The van der Waals surface area contributed by atoms with Gasteiger partial charge >= 0.3 is 0 Å². The van der Waals surface area contributed by atoms with Crippen LogP contribution in [0.1, 0.15) is 19.3 Å². The molecule has 1 fully saturated rings. The normalized spacial score (nSPS) is 17.8. The molecule has 2 rings (SSSR count). The Morgan fingerprint density at radius 3 is 3.00 bits per heavy atom. The van der Waals surface area contributed by atoms with Crippen molar-refractivity contribution in [3.05, 3.63) is 16.8 Å². The predicted molar refractivity (Wildman–Crippen MR) is 54.7 cm³/mol. The summed E-state index contributed by atoms with van der Waals surface area (Å²) in [6, 6.07) is 4.34. The molecule has 0 amide bonds. The third kappa shape index (κ3) is 2.02. The summed E-state index contributed by atoms with van der Waals surface area (Å²) >= 11 is 1.70.